The molecular formula is C31H35Cl2N3O4S. The Balaban J connectivity index is 1.68. The molecular weight excluding hydrogens is 581 g/mol. The summed E-state index contributed by atoms with van der Waals surface area (Å²) < 4.78 is 28.9. The number of aryl methyl sites for hydroxylation is 1. The summed E-state index contributed by atoms with van der Waals surface area (Å²) in [5, 5.41) is 3.77. The molecule has 1 fully saturated rings. The second kappa shape index (κ2) is 13.7. The maximum absolute atomic E-state index is 14.1. The van der Waals surface area contributed by atoms with Crippen LogP contribution in [-0.4, -0.2) is 43.8 Å². The van der Waals surface area contributed by atoms with Gasteiger partial charge in [-0.05, 0) is 68.7 Å². The minimum Gasteiger partial charge on any atom is -0.352 e. The van der Waals surface area contributed by atoms with E-state index in [0.717, 1.165) is 42.0 Å². The standard InChI is InChI=1S/C31H35Cl2N3O4S/c1-22-15-17-27(18-16-22)41(39,40)36(29-14-7-6-13-28(29)33)21-30(37)35(20-24-9-8-10-25(32)19-24)23(2)31(38)34-26-11-4-3-5-12-26/h6-10,13-19,23,26H,3-5,11-12,20-21H2,1-2H3,(H,34,38). The summed E-state index contributed by atoms with van der Waals surface area (Å²) in [5.74, 6) is -0.829. The van der Waals surface area contributed by atoms with E-state index in [4.69, 9.17) is 23.2 Å². The summed E-state index contributed by atoms with van der Waals surface area (Å²) >= 11 is 12.7. The van der Waals surface area contributed by atoms with Gasteiger partial charge in [0, 0.05) is 17.6 Å². The molecule has 1 saturated carbocycles. The first-order chi connectivity index (χ1) is 19.6. The highest BCUT2D eigenvalue weighted by atomic mass is 35.5. The van der Waals surface area contributed by atoms with Crippen LogP contribution in [0.25, 0.3) is 0 Å². The maximum Gasteiger partial charge on any atom is 0.264 e. The minimum absolute atomic E-state index is 0.0281. The SMILES string of the molecule is Cc1ccc(S(=O)(=O)N(CC(=O)N(Cc2cccc(Cl)c2)C(C)C(=O)NC2CCCCC2)c2ccccc2Cl)cc1. The van der Waals surface area contributed by atoms with Gasteiger partial charge in [0.15, 0.2) is 0 Å². The fraction of sp³-hybridized carbons (Fsp3) is 0.355. The molecule has 218 valence electrons. The van der Waals surface area contributed by atoms with E-state index in [1.54, 1.807) is 61.5 Å². The topological polar surface area (TPSA) is 86.8 Å². The molecule has 0 bridgehead atoms. The Kier molecular flexibility index (Phi) is 10.3. The Bertz CT molecular complexity index is 1470. The van der Waals surface area contributed by atoms with E-state index < -0.39 is 28.5 Å². The zero-order valence-electron chi connectivity index (χ0n) is 23.2. The molecule has 3 aromatic carbocycles. The van der Waals surface area contributed by atoms with Crippen molar-refractivity contribution in [3.05, 3.63) is 94.0 Å². The van der Waals surface area contributed by atoms with Crippen LogP contribution in [0.5, 0.6) is 0 Å². The number of para-hydroxylation sites is 1. The van der Waals surface area contributed by atoms with Crippen molar-refractivity contribution in [2.45, 2.75) is 69.5 Å². The molecule has 10 heteroatoms. The molecule has 7 nitrogen and oxygen atoms in total. The average Bonchev–Trinajstić information content (AvgIpc) is 2.95. The lowest BCUT2D eigenvalue weighted by atomic mass is 9.95. The number of nitrogens with zero attached hydrogens (tertiary/aromatic N) is 2. The lowest BCUT2D eigenvalue weighted by Gasteiger charge is -2.33. The van der Waals surface area contributed by atoms with E-state index in [2.05, 4.69) is 5.32 Å². The van der Waals surface area contributed by atoms with E-state index >= 15 is 0 Å². The lowest BCUT2D eigenvalue weighted by molar-refractivity contribution is -0.139. The second-order valence-electron chi connectivity index (χ2n) is 10.4. The number of halogens is 2. The first kappa shape index (κ1) is 30.9. The van der Waals surface area contributed by atoms with Crippen LogP contribution in [0.1, 0.15) is 50.2 Å². The summed E-state index contributed by atoms with van der Waals surface area (Å²) in [5.41, 5.74) is 1.79. The zero-order valence-corrected chi connectivity index (χ0v) is 25.6. The van der Waals surface area contributed by atoms with Crippen LogP contribution in [0.4, 0.5) is 5.69 Å². The first-order valence-corrected chi connectivity index (χ1v) is 15.9. The fourth-order valence-electron chi connectivity index (χ4n) is 4.99. The fourth-order valence-corrected chi connectivity index (χ4v) is 6.92. The predicted molar refractivity (Wildman–Crippen MR) is 164 cm³/mol. The van der Waals surface area contributed by atoms with Crippen molar-refractivity contribution >= 4 is 50.7 Å². The van der Waals surface area contributed by atoms with Crippen molar-refractivity contribution < 1.29 is 18.0 Å². The van der Waals surface area contributed by atoms with Gasteiger partial charge in [0.1, 0.15) is 12.6 Å². The number of sulfonamides is 1. The van der Waals surface area contributed by atoms with Crippen LogP contribution in [-0.2, 0) is 26.2 Å². The molecule has 0 heterocycles. The quantitative estimate of drug-likeness (QED) is 0.287. The smallest absolute Gasteiger partial charge is 0.264 e. The normalized spacial score (nSPS) is 14.7. The van der Waals surface area contributed by atoms with Crippen LogP contribution < -0.4 is 9.62 Å². The summed E-state index contributed by atoms with van der Waals surface area (Å²) in [4.78, 5) is 28.9. The number of anilines is 1. The van der Waals surface area contributed by atoms with Crippen molar-refractivity contribution in [2.24, 2.45) is 0 Å². The molecule has 1 atom stereocenters. The van der Waals surface area contributed by atoms with Gasteiger partial charge in [0.2, 0.25) is 11.8 Å². The monoisotopic (exact) mass is 615 g/mol. The first-order valence-electron chi connectivity index (χ1n) is 13.7. The number of carbonyl (C=O) groups is 2. The third-order valence-electron chi connectivity index (χ3n) is 7.37. The van der Waals surface area contributed by atoms with Crippen LogP contribution in [0, 0.1) is 6.92 Å². The summed E-state index contributed by atoms with van der Waals surface area (Å²) in [6.07, 6.45) is 5.04. The van der Waals surface area contributed by atoms with E-state index in [1.807, 2.05) is 13.0 Å². The van der Waals surface area contributed by atoms with Crippen molar-refractivity contribution in [3.8, 4) is 0 Å². The molecule has 1 aliphatic carbocycles. The molecule has 1 aliphatic rings. The largest absolute Gasteiger partial charge is 0.352 e. The van der Waals surface area contributed by atoms with Crippen molar-refractivity contribution in [1.29, 1.82) is 0 Å². The number of benzene rings is 3. The predicted octanol–water partition coefficient (Wildman–Crippen LogP) is 6.36. The van der Waals surface area contributed by atoms with Gasteiger partial charge in [0.05, 0.1) is 15.6 Å². The summed E-state index contributed by atoms with van der Waals surface area (Å²) in [6.45, 7) is 3.04. The Labute approximate surface area is 252 Å². The molecule has 41 heavy (non-hydrogen) atoms. The number of hydrogen-bond acceptors (Lipinski definition) is 4. The summed E-state index contributed by atoms with van der Waals surface area (Å²) in [6, 6.07) is 19.1. The second-order valence-corrected chi connectivity index (χ2v) is 13.2. The van der Waals surface area contributed by atoms with Gasteiger partial charge in [-0.2, -0.15) is 0 Å². The molecule has 1 N–H and O–H groups in total. The van der Waals surface area contributed by atoms with Gasteiger partial charge < -0.3 is 10.2 Å². The molecule has 1 unspecified atom stereocenters. The Hall–Kier alpha value is -3.07. The van der Waals surface area contributed by atoms with Gasteiger partial charge in [-0.25, -0.2) is 8.42 Å². The molecule has 0 aliphatic heterocycles. The van der Waals surface area contributed by atoms with Gasteiger partial charge in [-0.3, -0.25) is 13.9 Å². The van der Waals surface area contributed by atoms with Gasteiger partial charge in [0.25, 0.3) is 10.0 Å². The van der Waals surface area contributed by atoms with E-state index in [9.17, 15) is 18.0 Å². The average molecular weight is 617 g/mol. The number of nitrogens with one attached hydrogen (secondary N) is 1. The Morgan fingerprint density at radius 1 is 0.951 bits per heavy atom. The van der Waals surface area contributed by atoms with Gasteiger partial charge >= 0.3 is 0 Å². The Morgan fingerprint density at radius 3 is 2.29 bits per heavy atom. The van der Waals surface area contributed by atoms with Crippen LogP contribution in [0.15, 0.2) is 77.7 Å². The van der Waals surface area contributed by atoms with Crippen molar-refractivity contribution in [2.75, 3.05) is 10.8 Å². The molecule has 0 spiro atoms. The number of carbonyl (C=O) groups excluding carboxylic acids is 2. The molecule has 0 radical (unpaired) electrons. The minimum atomic E-state index is -4.19. The van der Waals surface area contributed by atoms with Crippen molar-refractivity contribution in [1.82, 2.24) is 10.2 Å². The van der Waals surface area contributed by atoms with Crippen LogP contribution in [0.2, 0.25) is 10.0 Å². The Morgan fingerprint density at radius 2 is 1.63 bits per heavy atom. The highest BCUT2D eigenvalue weighted by Gasteiger charge is 2.34. The number of hydrogen-bond donors (Lipinski definition) is 1. The molecule has 4 rings (SSSR count). The molecule has 0 aromatic heterocycles. The third-order valence-corrected chi connectivity index (χ3v) is 9.70. The van der Waals surface area contributed by atoms with E-state index in [-0.39, 0.29) is 34.1 Å². The molecule has 2 amide bonds. The van der Waals surface area contributed by atoms with Crippen LogP contribution in [0.3, 0.4) is 0 Å². The van der Waals surface area contributed by atoms with Crippen molar-refractivity contribution in [3.63, 3.8) is 0 Å². The molecule has 3 aromatic rings. The highest BCUT2D eigenvalue weighted by molar-refractivity contribution is 7.92. The lowest BCUT2D eigenvalue weighted by Crippen LogP contribution is -2.53. The highest BCUT2D eigenvalue weighted by Crippen LogP contribution is 2.31. The van der Waals surface area contributed by atoms with Gasteiger partial charge in [-0.1, -0.05) is 84.4 Å². The maximum atomic E-state index is 14.1. The van der Waals surface area contributed by atoms with E-state index in [1.165, 1.54) is 17.0 Å². The number of amides is 2. The molecule has 0 saturated heterocycles. The number of rotatable bonds is 10. The van der Waals surface area contributed by atoms with Crippen LogP contribution >= 0.6 is 23.2 Å². The zero-order chi connectivity index (χ0) is 29.6. The van der Waals surface area contributed by atoms with Gasteiger partial charge in [-0.15, -0.1) is 0 Å². The summed E-state index contributed by atoms with van der Waals surface area (Å²) in [7, 11) is -4.19. The van der Waals surface area contributed by atoms with E-state index in [0.29, 0.717) is 10.6 Å². The third kappa shape index (κ3) is 7.82.